The molecule has 0 aliphatic carbocycles. The lowest BCUT2D eigenvalue weighted by Gasteiger charge is -2.37. The molecule has 1 amide bonds. The molecule has 18 heavy (non-hydrogen) atoms. The first-order valence-corrected chi connectivity index (χ1v) is 6.56. The Kier molecular flexibility index (Phi) is 4.96. The number of nitrogens with two attached hydrogens (primary N) is 1. The molecule has 106 valence electrons. The van der Waals surface area contributed by atoms with Crippen molar-refractivity contribution in [3.05, 3.63) is 0 Å². The minimum absolute atomic E-state index is 0.156. The number of hydrogen-bond acceptors (Lipinski definition) is 3. The largest absolute Gasteiger partial charge is 0.444 e. The number of rotatable bonds is 2. The van der Waals surface area contributed by atoms with Gasteiger partial charge in [0.05, 0.1) is 6.17 Å². The van der Waals surface area contributed by atoms with Gasteiger partial charge in [0, 0.05) is 19.1 Å². The van der Waals surface area contributed by atoms with Crippen LogP contribution >= 0.6 is 0 Å². The predicted octanol–water partition coefficient (Wildman–Crippen LogP) is 2.32. The van der Waals surface area contributed by atoms with E-state index in [0.29, 0.717) is 19.5 Å². The summed E-state index contributed by atoms with van der Waals surface area (Å²) in [6.45, 7) is 8.10. The maximum absolute atomic E-state index is 13.0. The van der Waals surface area contributed by atoms with E-state index in [1.165, 1.54) is 0 Å². The summed E-state index contributed by atoms with van der Waals surface area (Å²) in [5.41, 5.74) is 5.51. The summed E-state index contributed by atoms with van der Waals surface area (Å²) in [7, 11) is 0. The predicted molar refractivity (Wildman–Crippen MR) is 69.1 cm³/mol. The van der Waals surface area contributed by atoms with Crippen LogP contribution < -0.4 is 5.73 Å². The van der Waals surface area contributed by atoms with Crippen molar-refractivity contribution in [2.24, 2.45) is 11.7 Å². The van der Waals surface area contributed by atoms with Gasteiger partial charge in [-0.2, -0.15) is 0 Å². The third-order valence-corrected chi connectivity index (χ3v) is 3.09. The second kappa shape index (κ2) is 5.87. The van der Waals surface area contributed by atoms with Crippen LogP contribution in [0, 0.1) is 5.92 Å². The Morgan fingerprint density at radius 2 is 2.17 bits per heavy atom. The van der Waals surface area contributed by atoms with Crippen LogP contribution in [0.1, 0.15) is 40.5 Å². The summed E-state index contributed by atoms with van der Waals surface area (Å²) < 4.78 is 18.3. The molecule has 5 heteroatoms. The van der Waals surface area contributed by atoms with Gasteiger partial charge in [-0.15, -0.1) is 0 Å². The SMILES string of the molecule is CC(F)CC1CCN(C(=O)OC(C)(C)C)CC1N. The van der Waals surface area contributed by atoms with E-state index < -0.39 is 11.8 Å². The fraction of sp³-hybridized carbons (Fsp3) is 0.923. The lowest BCUT2D eigenvalue weighted by Crippen LogP contribution is -2.52. The Labute approximate surface area is 109 Å². The van der Waals surface area contributed by atoms with Gasteiger partial charge in [-0.3, -0.25) is 0 Å². The van der Waals surface area contributed by atoms with Crippen LogP contribution in [0.5, 0.6) is 0 Å². The van der Waals surface area contributed by atoms with Crippen molar-refractivity contribution in [2.45, 2.75) is 58.4 Å². The number of alkyl halides is 1. The molecule has 0 spiro atoms. The van der Waals surface area contributed by atoms with Crippen molar-refractivity contribution in [3.8, 4) is 0 Å². The van der Waals surface area contributed by atoms with E-state index in [9.17, 15) is 9.18 Å². The van der Waals surface area contributed by atoms with Crippen LogP contribution in [-0.4, -0.2) is 41.9 Å². The molecule has 0 radical (unpaired) electrons. The van der Waals surface area contributed by atoms with Gasteiger partial charge in [-0.1, -0.05) is 0 Å². The minimum atomic E-state index is -0.839. The number of carbonyl (C=O) groups excluding carboxylic acids is 1. The first-order chi connectivity index (χ1) is 8.19. The summed E-state index contributed by atoms with van der Waals surface area (Å²) in [5.74, 6) is 0.156. The number of nitrogens with zero attached hydrogens (tertiary/aromatic N) is 1. The summed E-state index contributed by atoms with van der Waals surface area (Å²) in [6.07, 6.45) is 0.0525. The van der Waals surface area contributed by atoms with Crippen LogP contribution in [0.15, 0.2) is 0 Å². The second-order valence-electron chi connectivity index (χ2n) is 6.16. The normalized spacial score (nSPS) is 26.9. The number of ether oxygens (including phenoxy) is 1. The standard InChI is InChI=1S/C13H25FN2O2/c1-9(14)7-10-5-6-16(8-11(10)15)12(17)18-13(2,3)4/h9-11H,5-8,15H2,1-4H3. The highest BCUT2D eigenvalue weighted by atomic mass is 19.1. The first-order valence-electron chi connectivity index (χ1n) is 6.56. The Morgan fingerprint density at radius 1 is 1.56 bits per heavy atom. The lowest BCUT2D eigenvalue weighted by atomic mass is 9.88. The number of hydrogen-bond donors (Lipinski definition) is 1. The van der Waals surface area contributed by atoms with Crippen molar-refractivity contribution < 1.29 is 13.9 Å². The zero-order chi connectivity index (χ0) is 13.9. The van der Waals surface area contributed by atoms with Crippen LogP contribution in [0.2, 0.25) is 0 Å². The third-order valence-electron chi connectivity index (χ3n) is 3.09. The van der Waals surface area contributed by atoms with E-state index in [0.717, 1.165) is 6.42 Å². The second-order valence-corrected chi connectivity index (χ2v) is 6.16. The Bertz CT molecular complexity index is 289. The monoisotopic (exact) mass is 260 g/mol. The highest BCUT2D eigenvalue weighted by Gasteiger charge is 2.32. The fourth-order valence-corrected chi connectivity index (χ4v) is 2.23. The number of likely N-dealkylation sites (tertiary alicyclic amines) is 1. The number of carbonyl (C=O) groups is 1. The van der Waals surface area contributed by atoms with Gasteiger partial charge < -0.3 is 15.4 Å². The zero-order valence-corrected chi connectivity index (χ0v) is 11.8. The highest BCUT2D eigenvalue weighted by Crippen LogP contribution is 2.23. The molecular weight excluding hydrogens is 235 g/mol. The molecule has 3 atom stereocenters. The summed E-state index contributed by atoms with van der Waals surface area (Å²) in [4.78, 5) is 13.5. The molecule has 4 nitrogen and oxygen atoms in total. The van der Waals surface area contributed by atoms with E-state index in [-0.39, 0.29) is 18.1 Å². The van der Waals surface area contributed by atoms with E-state index in [4.69, 9.17) is 10.5 Å². The molecule has 1 heterocycles. The molecular formula is C13H25FN2O2. The molecule has 0 saturated carbocycles. The number of halogens is 1. The average molecular weight is 260 g/mol. The van der Waals surface area contributed by atoms with E-state index >= 15 is 0 Å². The van der Waals surface area contributed by atoms with Crippen molar-refractivity contribution in [3.63, 3.8) is 0 Å². The van der Waals surface area contributed by atoms with Crippen molar-refractivity contribution in [2.75, 3.05) is 13.1 Å². The van der Waals surface area contributed by atoms with Gasteiger partial charge in [0.1, 0.15) is 5.60 Å². The summed E-state index contributed by atoms with van der Waals surface area (Å²) in [6, 6.07) is -0.163. The van der Waals surface area contributed by atoms with E-state index in [1.54, 1.807) is 11.8 Å². The van der Waals surface area contributed by atoms with Crippen molar-refractivity contribution in [1.29, 1.82) is 0 Å². The Balaban J connectivity index is 2.48. The van der Waals surface area contributed by atoms with Crippen molar-refractivity contribution in [1.82, 2.24) is 4.90 Å². The van der Waals surface area contributed by atoms with Gasteiger partial charge in [-0.05, 0) is 46.5 Å². The Morgan fingerprint density at radius 3 is 2.61 bits per heavy atom. The third kappa shape index (κ3) is 4.80. The molecule has 0 bridgehead atoms. The van der Waals surface area contributed by atoms with Gasteiger partial charge in [0.25, 0.3) is 0 Å². The zero-order valence-electron chi connectivity index (χ0n) is 11.8. The fourth-order valence-electron chi connectivity index (χ4n) is 2.23. The molecule has 1 saturated heterocycles. The van der Waals surface area contributed by atoms with Gasteiger partial charge in [0.2, 0.25) is 0 Å². The van der Waals surface area contributed by atoms with Gasteiger partial charge in [0.15, 0.2) is 0 Å². The molecule has 0 aromatic heterocycles. The summed E-state index contributed by atoms with van der Waals surface area (Å²) in [5, 5.41) is 0. The van der Waals surface area contributed by atoms with E-state index in [1.807, 2.05) is 20.8 Å². The van der Waals surface area contributed by atoms with Crippen molar-refractivity contribution >= 4 is 6.09 Å². The molecule has 1 aliphatic rings. The quantitative estimate of drug-likeness (QED) is 0.829. The van der Waals surface area contributed by atoms with E-state index in [2.05, 4.69) is 0 Å². The summed E-state index contributed by atoms with van der Waals surface area (Å²) >= 11 is 0. The average Bonchev–Trinajstić information content (AvgIpc) is 2.17. The minimum Gasteiger partial charge on any atom is -0.444 e. The first kappa shape index (κ1) is 15.2. The van der Waals surface area contributed by atoms with Crippen LogP contribution in [0.25, 0.3) is 0 Å². The highest BCUT2D eigenvalue weighted by molar-refractivity contribution is 5.68. The molecule has 3 unspecified atom stereocenters. The maximum Gasteiger partial charge on any atom is 0.410 e. The molecule has 0 aromatic rings. The number of piperidine rings is 1. The van der Waals surface area contributed by atoms with Crippen LogP contribution in [-0.2, 0) is 4.74 Å². The van der Waals surface area contributed by atoms with Crippen LogP contribution in [0.4, 0.5) is 9.18 Å². The smallest absolute Gasteiger partial charge is 0.410 e. The molecule has 0 aromatic carbocycles. The molecule has 2 N–H and O–H groups in total. The topological polar surface area (TPSA) is 55.6 Å². The molecule has 1 rings (SSSR count). The van der Waals surface area contributed by atoms with Gasteiger partial charge >= 0.3 is 6.09 Å². The van der Waals surface area contributed by atoms with Gasteiger partial charge in [-0.25, -0.2) is 9.18 Å². The molecule has 1 fully saturated rings. The lowest BCUT2D eigenvalue weighted by molar-refractivity contribution is 0.0147. The maximum atomic E-state index is 13.0. The Hall–Kier alpha value is -0.840. The number of amides is 1. The molecule has 1 aliphatic heterocycles. The van der Waals surface area contributed by atoms with Crippen LogP contribution in [0.3, 0.4) is 0 Å².